The van der Waals surface area contributed by atoms with Gasteiger partial charge in [0.05, 0.1) is 12.1 Å². The smallest absolute Gasteiger partial charge is 0.325 e. The summed E-state index contributed by atoms with van der Waals surface area (Å²) in [5.41, 5.74) is 4.82. The highest BCUT2D eigenvalue weighted by atomic mass is 16.5. The van der Waals surface area contributed by atoms with Gasteiger partial charge >= 0.3 is 5.97 Å². The molecule has 0 atom stereocenters. The quantitative estimate of drug-likeness (QED) is 0.686. The predicted octanol–water partition coefficient (Wildman–Crippen LogP) is 0.278. The lowest BCUT2D eigenvalue weighted by atomic mass is 10.1. The van der Waals surface area contributed by atoms with Gasteiger partial charge in [0, 0.05) is 6.04 Å². The fourth-order valence-corrected chi connectivity index (χ4v) is 1.47. The fourth-order valence-electron chi connectivity index (χ4n) is 1.47. The molecule has 0 spiro atoms. The molecule has 5 nitrogen and oxygen atoms in total. The average Bonchev–Trinajstić information content (AvgIpc) is 2.95. The van der Waals surface area contributed by atoms with Gasteiger partial charge in [-0.25, -0.2) is 0 Å². The molecule has 1 amide bonds. The highest BCUT2D eigenvalue weighted by Gasteiger charge is 2.38. The second kappa shape index (κ2) is 4.82. The van der Waals surface area contributed by atoms with Crippen molar-refractivity contribution < 1.29 is 14.3 Å². The molecular formula is C11H20N2O3. The first-order valence-electron chi connectivity index (χ1n) is 5.61. The summed E-state index contributed by atoms with van der Waals surface area (Å²) < 4.78 is 4.84. The van der Waals surface area contributed by atoms with Crippen molar-refractivity contribution in [1.29, 1.82) is 0 Å². The number of carbonyl (C=O) groups is 2. The van der Waals surface area contributed by atoms with Crippen molar-refractivity contribution in [2.75, 3.05) is 13.2 Å². The van der Waals surface area contributed by atoms with Crippen LogP contribution >= 0.6 is 0 Å². The third-order valence-corrected chi connectivity index (χ3v) is 2.40. The van der Waals surface area contributed by atoms with E-state index in [2.05, 4.69) is 0 Å². The third kappa shape index (κ3) is 3.48. The minimum atomic E-state index is -0.935. The molecule has 2 N–H and O–H groups in total. The van der Waals surface area contributed by atoms with E-state index in [1.807, 2.05) is 0 Å². The van der Waals surface area contributed by atoms with Gasteiger partial charge in [0.1, 0.15) is 6.54 Å². The highest BCUT2D eigenvalue weighted by molar-refractivity contribution is 5.88. The first-order valence-corrected chi connectivity index (χ1v) is 5.61. The second-order valence-corrected chi connectivity index (χ2v) is 4.69. The molecule has 1 aliphatic carbocycles. The van der Waals surface area contributed by atoms with Gasteiger partial charge in [-0.05, 0) is 33.6 Å². The lowest BCUT2D eigenvalue weighted by Crippen LogP contribution is -2.53. The summed E-state index contributed by atoms with van der Waals surface area (Å²) in [5, 5.41) is 0. The molecule has 0 aromatic carbocycles. The number of hydrogen-bond donors (Lipinski definition) is 1. The van der Waals surface area contributed by atoms with Crippen molar-refractivity contribution in [2.45, 2.75) is 45.2 Å². The fraction of sp³-hybridized carbons (Fsp3) is 0.818. The van der Waals surface area contributed by atoms with Crippen LogP contribution in [-0.4, -0.2) is 41.5 Å². The minimum Gasteiger partial charge on any atom is -0.465 e. The van der Waals surface area contributed by atoms with E-state index in [1.165, 1.54) is 4.90 Å². The van der Waals surface area contributed by atoms with E-state index in [9.17, 15) is 9.59 Å². The van der Waals surface area contributed by atoms with Gasteiger partial charge in [-0.3, -0.25) is 9.59 Å². The summed E-state index contributed by atoms with van der Waals surface area (Å²) in [5.74, 6) is -0.560. The maximum absolute atomic E-state index is 12.0. The molecule has 1 rings (SSSR count). The van der Waals surface area contributed by atoms with Crippen LogP contribution in [0.5, 0.6) is 0 Å². The second-order valence-electron chi connectivity index (χ2n) is 4.69. The molecule has 0 heterocycles. The first kappa shape index (κ1) is 13.0. The Morgan fingerprint density at radius 3 is 2.38 bits per heavy atom. The highest BCUT2D eigenvalue weighted by Crippen LogP contribution is 2.28. The van der Waals surface area contributed by atoms with E-state index in [-0.39, 0.29) is 24.5 Å². The molecule has 0 aliphatic heterocycles. The van der Waals surface area contributed by atoms with Crippen LogP contribution < -0.4 is 5.73 Å². The van der Waals surface area contributed by atoms with Crippen LogP contribution in [-0.2, 0) is 14.3 Å². The zero-order valence-electron chi connectivity index (χ0n) is 10.2. The lowest BCUT2D eigenvalue weighted by Gasteiger charge is -2.28. The summed E-state index contributed by atoms with van der Waals surface area (Å²) in [6, 6.07) is 0.166. The van der Waals surface area contributed by atoms with Crippen molar-refractivity contribution in [3.8, 4) is 0 Å². The van der Waals surface area contributed by atoms with Crippen molar-refractivity contribution in [3.63, 3.8) is 0 Å². The molecule has 0 aromatic heterocycles. The number of nitrogens with zero attached hydrogens (tertiary/aromatic N) is 1. The van der Waals surface area contributed by atoms with Crippen molar-refractivity contribution in [1.82, 2.24) is 4.90 Å². The molecular weight excluding hydrogens is 208 g/mol. The number of esters is 1. The topological polar surface area (TPSA) is 72.6 Å². The lowest BCUT2D eigenvalue weighted by molar-refractivity contribution is -0.150. The van der Waals surface area contributed by atoms with Crippen LogP contribution in [0, 0.1) is 0 Å². The maximum Gasteiger partial charge on any atom is 0.325 e. The van der Waals surface area contributed by atoms with Gasteiger partial charge in [-0.15, -0.1) is 0 Å². The van der Waals surface area contributed by atoms with Gasteiger partial charge in [0.25, 0.3) is 0 Å². The van der Waals surface area contributed by atoms with Crippen LogP contribution in [0.4, 0.5) is 0 Å². The van der Waals surface area contributed by atoms with Crippen molar-refractivity contribution >= 4 is 11.9 Å². The van der Waals surface area contributed by atoms with E-state index in [1.54, 1.807) is 20.8 Å². The Bertz CT molecular complexity index is 279. The summed E-state index contributed by atoms with van der Waals surface area (Å²) in [4.78, 5) is 24.9. The van der Waals surface area contributed by atoms with E-state index in [0.717, 1.165) is 12.8 Å². The van der Waals surface area contributed by atoms with Crippen LogP contribution in [0.3, 0.4) is 0 Å². The van der Waals surface area contributed by atoms with Gasteiger partial charge in [-0.1, -0.05) is 0 Å². The third-order valence-electron chi connectivity index (χ3n) is 2.40. The van der Waals surface area contributed by atoms with Gasteiger partial charge in [0.2, 0.25) is 5.91 Å². The number of nitrogens with two attached hydrogens (primary N) is 1. The molecule has 0 aromatic rings. The number of amides is 1. The first-order chi connectivity index (χ1) is 7.36. The maximum atomic E-state index is 12.0. The molecule has 0 bridgehead atoms. The molecule has 0 saturated heterocycles. The van der Waals surface area contributed by atoms with Crippen molar-refractivity contribution in [2.24, 2.45) is 5.73 Å². The molecule has 0 radical (unpaired) electrons. The van der Waals surface area contributed by atoms with Crippen LogP contribution in [0.25, 0.3) is 0 Å². The van der Waals surface area contributed by atoms with E-state index in [4.69, 9.17) is 10.5 Å². The van der Waals surface area contributed by atoms with Crippen LogP contribution in [0.1, 0.15) is 33.6 Å². The number of carbonyl (C=O) groups excluding carboxylic acids is 2. The van der Waals surface area contributed by atoms with Crippen LogP contribution in [0.2, 0.25) is 0 Å². The van der Waals surface area contributed by atoms with Gasteiger partial charge in [0.15, 0.2) is 0 Å². The Morgan fingerprint density at radius 1 is 1.44 bits per heavy atom. The molecule has 0 unspecified atom stereocenters. The summed E-state index contributed by atoms with van der Waals surface area (Å²) in [7, 11) is 0. The summed E-state index contributed by atoms with van der Waals surface area (Å²) in [6.07, 6.45) is 1.89. The van der Waals surface area contributed by atoms with E-state index < -0.39 is 5.54 Å². The Hall–Kier alpha value is -1.10. The number of rotatable bonds is 5. The number of hydrogen-bond acceptors (Lipinski definition) is 4. The Balaban J connectivity index is 2.61. The molecule has 1 saturated carbocycles. The largest absolute Gasteiger partial charge is 0.465 e. The number of ether oxygens (including phenoxy) is 1. The average molecular weight is 228 g/mol. The van der Waals surface area contributed by atoms with Gasteiger partial charge < -0.3 is 15.4 Å². The molecule has 1 aliphatic rings. The van der Waals surface area contributed by atoms with Crippen LogP contribution in [0.15, 0.2) is 0 Å². The zero-order chi connectivity index (χ0) is 12.3. The normalized spacial score (nSPS) is 15.8. The SMILES string of the molecule is CCOC(=O)CN(C(=O)C(C)(C)N)C1CC1. The standard InChI is InChI=1S/C11H20N2O3/c1-4-16-9(14)7-13(8-5-6-8)10(15)11(2,3)12/h8H,4-7,12H2,1-3H3. The molecule has 1 fully saturated rings. The predicted molar refractivity (Wildman–Crippen MR) is 59.6 cm³/mol. The molecule has 5 heteroatoms. The van der Waals surface area contributed by atoms with E-state index >= 15 is 0 Å². The summed E-state index contributed by atoms with van der Waals surface area (Å²) >= 11 is 0. The Kier molecular flexibility index (Phi) is 3.91. The monoisotopic (exact) mass is 228 g/mol. The molecule has 92 valence electrons. The zero-order valence-corrected chi connectivity index (χ0v) is 10.2. The Labute approximate surface area is 95.9 Å². The summed E-state index contributed by atoms with van der Waals surface area (Å²) in [6.45, 7) is 5.38. The minimum absolute atomic E-state index is 0.0119. The van der Waals surface area contributed by atoms with Gasteiger partial charge in [-0.2, -0.15) is 0 Å². The Morgan fingerprint density at radius 2 is 2.00 bits per heavy atom. The van der Waals surface area contributed by atoms with E-state index in [0.29, 0.717) is 6.61 Å². The van der Waals surface area contributed by atoms with Crippen molar-refractivity contribution in [3.05, 3.63) is 0 Å². The molecule has 16 heavy (non-hydrogen) atoms.